The monoisotopic (exact) mass is 307 g/mol. The molecule has 0 radical (unpaired) electrons. The molecule has 3 aromatic carbocycles. The van der Waals surface area contributed by atoms with Crippen LogP contribution in [0.5, 0.6) is 0 Å². The summed E-state index contributed by atoms with van der Waals surface area (Å²) in [5.41, 5.74) is 5.50. The summed E-state index contributed by atoms with van der Waals surface area (Å²) in [6.45, 7) is 0. The number of hydrogen-bond acceptors (Lipinski definition) is 0. The standard InChI is InChI=1S/C24H19/c1-3-9-19(10-4-1)15-23-17-21-13-7-8-14-22(21)18-24(23)16-20-11-5-2-6-12-20/h1,3-14,17-18H,15-16H2/q+1. The lowest BCUT2D eigenvalue weighted by Gasteiger charge is -2.12. The van der Waals surface area contributed by atoms with Crippen molar-refractivity contribution in [3.8, 4) is 0 Å². The van der Waals surface area contributed by atoms with Gasteiger partial charge in [0.25, 0.3) is 0 Å². The molecule has 0 saturated carbocycles. The van der Waals surface area contributed by atoms with Crippen molar-refractivity contribution in [3.05, 3.63) is 119 Å². The highest BCUT2D eigenvalue weighted by Crippen LogP contribution is 2.25. The number of benzene rings is 3. The van der Waals surface area contributed by atoms with Crippen LogP contribution in [0, 0.1) is 6.08 Å². The molecule has 4 rings (SSSR count). The van der Waals surface area contributed by atoms with Crippen molar-refractivity contribution >= 4 is 10.8 Å². The fourth-order valence-electron chi connectivity index (χ4n) is 3.24. The average molecular weight is 307 g/mol. The highest BCUT2D eigenvalue weighted by Gasteiger charge is 2.10. The molecule has 0 atom stereocenters. The van der Waals surface area contributed by atoms with E-state index in [-0.39, 0.29) is 0 Å². The Kier molecular flexibility index (Phi) is 4.06. The maximum absolute atomic E-state index is 3.10. The van der Waals surface area contributed by atoms with E-state index in [0.717, 1.165) is 12.8 Å². The Hall–Kier alpha value is -2.95. The summed E-state index contributed by atoms with van der Waals surface area (Å²) in [5, 5.41) is 2.63. The number of hydrogen-bond donors (Lipinski definition) is 0. The van der Waals surface area contributed by atoms with Crippen LogP contribution in [0.25, 0.3) is 10.8 Å². The molecule has 3 aromatic rings. The summed E-state index contributed by atoms with van der Waals surface area (Å²) < 4.78 is 0. The Balaban J connectivity index is 1.76. The van der Waals surface area contributed by atoms with Crippen LogP contribution in [0.1, 0.15) is 16.7 Å². The van der Waals surface area contributed by atoms with Gasteiger partial charge in [0.15, 0.2) is 0 Å². The minimum absolute atomic E-state index is 0.960. The zero-order valence-corrected chi connectivity index (χ0v) is 13.6. The normalized spacial score (nSPS) is 12.9. The lowest BCUT2D eigenvalue weighted by Crippen LogP contribution is -1.98. The predicted molar refractivity (Wildman–Crippen MR) is 102 cm³/mol. The third-order valence-electron chi connectivity index (χ3n) is 4.49. The van der Waals surface area contributed by atoms with E-state index in [1.807, 2.05) is 12.2 Å². The van der Waals surface area contributed by atoms with Gasteiger partial charge in [-0.15, -0.1) is 0 Å². The Labute approximate surface area is 143 Å². The van der Waals surface area contributed by atoms with Crippen LogP contribution < -0.4 is 0 Å². The quantitative estimate of drug-likeness (QED) is 0.532. The van der Waals surface area contributed by atoms with Crippen LogP contribution in [0.4, 0.5) is 0 Å². The van der Waals surface area contributed by atoms with Gasteiger partial charge in [-0.1, -0.05) is 66.7 Å². The van der Waals surface area contributed by atoms with E-state index in [2.05, 4.69) is 85.0 Å². The van der Waals surface area contributed by atoms with Crippen molar-refractivity contribution in [2.24, 2.45) is 0 Å². The summed E-state index contributed by atoms with van der Waals surface area (Å²) >= 11 is 0. The first kappa shape index (κ1) is 14.6. The van der Waals surface area contributed by atoms with Crippen molar-refractivity contribution < 1.29 is 0 Å². The zero-order chi connectivity index (χ0) is 16.2. The zero-order valence-electron chi connectivity index (χ0n) is 13.6. The largest absolute Gasteiger partial charge is 0.103 e. The van der Waals surface area contributed by atoms with Gasteiger partial charge in [-0.25, -0.2) is 0 Å². The van der Waals surface area contributed by atoms with E-state index in [4.69, 9.17) is 0 Å². The number of allylic oxidation sites excluding steroid dienone is 6. The van der Waals surface area contributed by atoms with Gasteiger partial charge in [-0.05, 0) is 33.9 Å². The van der Waals surface area contributed by atoms with Crippen LogP contribution in [0.3, 0.4) is 0 Å². The minimum Gasteiger partial charge on any atom is -0.0622 e. The molecule has 0 fully saturated rings. The van der Waals surface area contributed by atoms with Gasteiger partial charge in [-0.3, -0.25) is 0 Å². The van der Waals surface area contributed by atoms with E-state index in [0.29, 0.717) is 0 Å². The van der Waals surface area contributed by atoms with Gasteiger partial charge >= 0.3 is 0 Å². The average Bonchev–Trinajstić information content (AvgIpc) is 2.64. The Bertz CT molecular complexity index is 940. The van der Waals surface area contributed by atoms with Crippen LogP contribution in [0.2, 0.25) is 0 Å². The molecule has 0 heterocycles. The summed E-state index contributed by atoms with van der Waals surface area (Å²) in [5.74, 6) is 0. The highest BCUT2D eigenvalue weighted by atomic mass is 14.1. The maximum atomic E-state index is 3.10. The SMILES string of the molecule is [C+]1=CC=C(Cc2cc3ccccc3cc2Cc2ccccc2)C=C1. The smallest absolute Gasteiger partial charge is 0.0622 e. The molecule has 1 aliphatic rings. The number of fused-ring (bicyclic) bond motifs is 1. The predicted octanol–water partition coefficient (Wildman–Crippen LogP) is 5.83. The van der Waals surface area contributed by atoms with Crippen molar-refractivity contribution in [2.75, 3.05) is 0 Å². The topological polar surface area (TPSA) is 0 Å². The van der Waals surface area contributed by atoms with Gasteiger partial charge in [0.1, 0.15) is 12.2 Å². The molecule has 0 N–H and O–H groups in total. The van der Waals surface area contributed by atoms with Crippen LogP contribution in [-0.2, 0) is 12.8 Å². The molecular weight excluding hydrogens is 288 g/mol. The molecule has 114 valence electrons. The first-order valence-electron chi connectivity index (χ1n) is 8.38. The van der Waals surface area contributed by atoms with Crippen LogP contribution in [-0.4, -0.2) is 0 Å². The summed E-state index contributed by atoms with van der Waals surface area (Å²) in [6.07, 6.45) is 13.3. The lowest BCUT2D eigenvalue weighted by atomic mass is 9.91. The lowest BCUT2D eigenvalue weighted by molar-refractivity contribution is 1.10. The summed E-state index contributed by atoms with van der Waals surface area (Å²) in [4.78, 5) is 0. The molecule has 0 nitrogen and oxygen atoms in total. The van der Waals surface area contributed by atoms with E-state index in [9.17, 15) is 0 Å². The Morgan fingerprint density at radius 3 is 2.04 bits per heavy atom. The molecule has 0 spiro atoms. The van der Waals surface area contributed by atoms with E-state index < -0.39 is 0 Å². The molecule has 1 aliphatic carbocycles. The van der Waals surface area contributed by atoms with Crippen molar-refractivity contribution in [1.29, 1.82) is 0 Å². The molecule has 0 aromatic heterocycles. The second kappa shape index (κ2) is 6.66. The van der Waals surface area contributed by atoms with E-state index in [1.165, 1.54) is 33.0 Å². The van der Waals surface area contributed by atoms with Gasteiger partial charge in [0, 0.05) is 12.5 Å². The van der Waals surface area contributed by atoms with E-state index in [1.54, 1.807) is 0 Å². The molecule has 0 amide bonds. The van der Waals surface area contributed by atoms with E-state index >= 15 is 0 Å². The molecule has 0 aliphatic heterocycles. The van der Waals surface area contributed by atoms with Crippen LogP contribution in [0.15, 0.2) is 96.6 Å². The first-order chi connectivity index (χ1) is 11.9. The third-order valence-corrected chi connectivity index (χ3v) is 4.49. The molecule has 0 bridgehead atoms. The maximum Gasteiger partial charge on any atom is 0.103 e. The first-order valence-corrected chi connectivity index (χ1v) is 8.38. The summed E-state index contributed by atoms with van der Waals surface area (Å²) in [7, 11) is 0. The van der Waals surface area contributed by atoms with Crippen molar-refractivity contribution in [1.82, 2.24) is 0 Å². The van der Waals surface area contributed by atoms with Crippen LogP contribution >= 0.6 is 0 Å². The molecule has 24 heavy (non-hydrogen) atoms. The second-order valence-corrected chi connectivity index (χ2v) is 6.22. The second-order valence-electron chi connectivity index (χ2n) is 6.22. The Morgan fingerprint density at radius 2 is 1.38 bits per heavy atom. The van der Waals surface area contributed by atoms with Gasteiger partial charge in [0.05, 0.1) is 17.7 Å². The van der Waals surface area contributed by atoms with Gasteiger partial charge < -0.3 is 0 Å². The van der Waals surface area contributed by atoms with Gasteiger partial charge in [0.2, 0.25) is 0 Å². The molecular formula is C24H19+. The highest BCUT2D eigenvalue weighted by molar-refractivity contribution is 5.84. The molecule has 0 saturated heterocycles. The van der Waals surface area contributed by atoms with Crippen molar-refractivity contribution in [2.45, 2.75) is 12.8 Å². The molecule has 0 heteroatoms. The fourth-order valence-corrected chi connectivity index (χ4v) is 3.24. The summed E-state index contributed by atoms with van der Waals surface area (Å²) in [6, 6.07) is 24.0. The minimum atomic E-state index is 0.960. The Morgan fingerprint density at radius 1 is 0.708 bits per heavy atom. The third kappa shape index (κ3) is 3.20. The van der Waals surface area contributed by atoms with Crippen molar-refractivity contribution in [3.63, 3.8) is 0 Å². The molecule has 0 unspecified atom stereocenters. The number of rotatable bonds is 4. The fraction of sp³-hybridized carbons (Fsp3) is 0.0833. The van der Waals surface area contributed by atoms with Gasteiger partial charge in [-0.2, -0.15) is 0 Å².